The van der Waals surface area contributed by atoms with E-state index in [1.54, 1.807) is 0 Å². The van der Waals surface area contributed by atoms with E-state index >= 15 is 0 Å². The van der Waals surface area contributed by atoms with Crippen molar-refractivity contribution in [1.29, 1.82) is 0 Å². The van der Waals surface area contributed by atoms with Crippen LogP contribution in [0.5, 0.6) is 0 Å². The summed E-state index contributed by atoms with van der Waals surface area (Å²) >= 11 is 0. The smallest absolute Gasteiger partial charge is 0.460 e. The summed E-state index contributed by atoms with van der Waals surface area (Å²) in [6.45, 7) is 2.16. The maximum atomic E-state index is 11.4. The monoisotopic (exact) mass is 248 g/mol. The molecule has 17 heavy (non-hydrogen) atoms. The van der Waals surface area contributed by atoms with E-state index in [-0.39, 0.29) is 12.9 Å². The van der Waals surface area contributed by atoms with Crippen LogP contribution in [0.1, 0.15) is 20.3 Å². The van der Waals surface area contributed by atoms with Crippen molar-refractivity contribution >= 4 is 24.4 Å². The Bertz CT molecular complexity index is 323. The predicted octanol–water partition coefficient (Wildman–Crippen LogP) is -0.498. The molecule has 0 aromatic rings. The number of ether oxygens (including phenoxy) is 4. The molecule has 0 aliphatic rings. The lowest BCUT2D eigenvalue weighted by atomic mass is 10.5. The molecule has 0 bridgehead atoms. The van der Waals surface area contributed by atoms with Crippen molar-refractivity contribution in [3.63, 3.8) is 0 Å². The summed E-state index contributed by atoms with van der Waals surface area (Å²) in [4.78, 5) is 43.5. The molecule has 0 radical (unpaired) electrons. The van der Waals surface area contributed by atoms with Gasteiger partial charge in [0.2, 0.25) is 0 Å². The Balaban J connectivity index is 5.21. The zero-order valence-electron chi connectivity index (χ0n) is 9.55. The Kier molecular flexibility index (Phi) is 5.65. The number of rotatable bonds is 6. The highest BCUT2D eigenvalue weighted by Gasteiger charge is 2.51. The maximum absolute atomic E-state index is 11.4. The molecule has 8 heteroatoms. The van der Waals surface area contributed by atoms with Crippen LogP contribution < -0.4 is 0 Å². The Morgan fingerprint density at radius 1 is 1.24 bits per heavy atom. The first-order chi connectivity index (χ1) is 7.91. The van der Waals surface area contributed by atoms with Gasteiger partial charge in [-0.1, -0.05) is 6.92 Å². The van der Waals surface area contributed by atoms with Crippen molar-refractivity contribution < 1.29 is 38.1 Å². The van der Waals surface area contributed by atoms with Gasteiger partial charge in [-0.05, 0) is 0 Å². The second-order valence-electron chi connectivity index (χ2n) is 2.68. The zero-order chi connectivity index (χ0) is 13.5. The molecule has 0 spiro atoms. The lowest BCUT2D eigenvalue weighted by molar-refractivity contribution is -0.315. The van der Waals surface area contributed by atoms with Crippen LogP contribution in [0.2, 0.25) is 0 Å². The van der Waals surface area contributed by atoms with Gasteiger partial charge in [-0.25, -0.2) is 4.79 Å². The van der Waals surface area contributed by atoms with Crippen LogP contribution in [-0.2, 0) is 38.1 Å². The first-order valence-corrected chi connectivity index (χ1v) is 4.53. The standard InChI is InChI=1S/C9H12O8/c1-4-7(12)17-9(15-5-10,8(13)14-3)16-6(2)11/h5H,4H2,1-3H3. The first-order valence-electron chi connectivity index (χ1n) is 4.53. The lowest BCUT2D eigenvalue weighted by Gasteiger charge is -2.25. The average molecular weight is 248 g/mol. The van der Waals surface area contributed by atoms with E-state index in [1.165, 1.54) is 6.92 Å². The molecule has 8 nitrogen and oxygen atoms in total. The summed E-state index contributed by atoms with van der Waals surface area (Å²) in [6, 6.07) is 0. The van der Waals surface area contributed by atoms with Crippen LogP contribution in [0, 0.1) is 0 Å². The molecule has 0 saturated heterocycles. The van der Waals surface area contributed by atoms with E-state index in [1.807, 2.05) is 0 Å². The topological polar surface area (TPSA) is 105 Å². The van der Waals surface area contributed by atoms with E-state index in [9.17, 15) is 19.2 Å². The largest absolute Gasteiger partial charge is 0.529 e. The fourth-order valence-electron chi connectivity index (χ4n) is 0.800. The van der Waals surface area contributed by atoms with Gasteiger partial charge in [0.25, 0.3) is 6.47 Å². The third kappa shape index (κ3) is 4.09. The van der Waals surface area contributed by atoms with E-state index in [4.69, 9.17) is 0 Å². The Hall–Kier alpha value is -2.12. The molecule has 0 aliphatic carbocycles. The van der Waals surface area contributed by atoms with Gasteiger partial charge in [0.05, 0.1) is 7.11 Å². The van der Waals surface area contributed by atoms with Crippen molar-refractivity contribution in [2.45, 2.75) is 26.2 Å². The van der Waals surface area contributed by atoms with Crippen molar-refractivity contribution in [2.75, 3.05) is 7.11 Å². The van der Waals surface area contributed by atoms with Crippen LogP contribution in [0.25, 0.3) is 0 Å². The predicted molar refractivity (Wildman–Crippen MR) is 50.0 cm³/mol. The second kappa shape index (κ2) is 6.46. The van der Waals surface area contributed by atoms with Crippen molar-refractivity contribution in [1.82, 2.24) is 0 Å². The van der Waals surface area contributed by atoms with Crippen LogP contribution in [-0.4, -0.2) is 37.5 Å². The molecule has 0 aromatic heterocycles. The summed E-state index contributed by atoms with van der Waals surface area (Å²) in [5.41, 5.74) is 0. The third-order valence-electron chi connectivity index (χ3n) is 1.45. The fraction of sp³-hybridized carbons (Fsp3) is 0.556. The molecular weight excluding hydrogens is 236 g/mol. The molecule has 1 unspecified atom stereocenters. The van der Waals surface area contributed by atoms with E-state index < -0.39 is 23.9 Å². The molecule has 1 atom stereocenters. The van der Waals surface area contributed by atoms with Gasteiger partial charge in [0, 0.05) is 13.3 Å². The summed E-state index contributed by atoms with van der Waals surface area (Å²) in [5, 5.41) is 0. The number of hydrogen-bond acceptors (Lipinski definition) is 8. The molecular formula is C9H12O8. The van der Waals surface area contributed by atoms with E-state index in [0.29, 0.717) is 0 Å². The second-order valence-corrected chi connectivity index (χ2v) is 2.68. The highest BCUT2D eigenvalue weighted by molar-refractivity contribution is 5.84. The number of methoxy groups -OCH3 is 1. The van der Waals surface area contributed by atoms with Crippen molar-refractivity contribution in [2.24, 2.45) is 0 Å². The SMILES string of the molecule is CCC(=O)OC(OC=O)(OC(C)=O)C(=O)OC. The Labute approximate surface area is 96.8 Å². The van der Waals surface area contributed by atoms with Crippen molar-refractivity contribution in [3.05, 3.63) is 0 Å². The molecule has 0 heterocycles. The minimum atomic E-state index is -2.82. The van der Waals surface area contributed by atoms with Crippen LogP contribution in [0.15, 0.2) is 0 Å². The summed E-state index contributed by atoms with van der Waals surface area (Å²) < 4.78 is 17.3. The van der Waals surface area contributed by atoms with Crippen LogP contribution >= 0.6 is 0 Å². The maximum Gasteiger partial charge on any atom is 0.529 e. The van der Waals surface area contributed by atoms with Gasteiger partial charge in [-0.3, -0.25) is 14.4 Å². The Morgan fingerprint density at radius 3 is 2.18 bits per heavy atom. The van der Waals surface area contributed by atoms with Crippen molar-refractivity contribution in [3.8, 4) is 0 Å². The minimum Gasteiger partial charge on any atom is -0.460 e. The molecule has 0 rings (SSSR count). The molecule has 0 fully saturated rings. The number of carbonyl (C=O) groups is 4. The van der Waals surface area contributed by atoms with Crippen LogP contribution in [0.3, 0.4) is 0 Å². The molecule has 0 N–H and O–H groups in total. The first kappa shape index (κ1) is 14.9. The molecule has 96 valence electrons. The normalized spacial score (nSPS) is 12.9. The molecule has 0 amide bonds. The number of carbonyl (C=O) groups excluding carboxylic acids is 4. The van der Waals surface area contributed by atoms with Gasteiger partial charge < -0.3 is 18.9 Å². The average Bonchev–Trinajstić information content (AvgIpc) is 2.26. The highest BCUT2D eigenvalue weighted by Crippen LogP contribution is 2.18. The highest BCUT2D eigenvalue weighted by atomic mass is 16.9. The summed E-state index contributed by atoms with van der Waals surface area (Å²) in [5.74, 6) is -6.09. The fourth-order valence-corrected chi connectivity index (χ4v) is 0.800. The lowest BCUT2D eigenvalue weighted by Crippen LogP contribution is -2.50. The van der Waals surface area contributed by atoms with Gasteiger partial charge in [0.1, 0.15) is 0 Å². The zero-order valence-corrected chi connectivity index (χ0v) is 9.55. The summed E-state index contributed by atoms with van der Waals surface area (Å²) in [6.07, 6.45) is -0.123. The molecule has 0 saturated carbocycles. The third-order valence-corrected chi connectivity index (χ3v) is 1.45. The van der Waals surface area contributed by atoms with Crippen LogP contribution in [0.4, 0.5) is 0 Å². The van der Waals surface area contributed by atoms with Gasteiger partial charge in [0.15, 0.2) is 0 Å². The molecule has 0 aliphatic heterocycles. The number of esters is 3. The van der Waals surface area contributed by atoms with E-state index in [0.717, 1.165) is 14.0 Å². The quantitative estimate of drug-likeness (QED) is 0.352. The minimum absolute atomic E-state index is 0.123. The number of hydrogen-bond donors (Lipinski definition) is 0. The van der Waals surface area contributed by atoms with E-state index in [2.05, 4.69) is 18.9 Å². The summed E-state index contributed by atoms with van der Waals surface area (Å²) in [7, 11) is 0.939. The van der Waals surface area contributed by atoms with Gasteiger partial charge in [-0.15, -0.1) is 0 Å². The van der Waals surface area contributed by atoms with Gasteiger partial charge >= 0.3 is 23.9 Å². The Morgan fingerprint density at radius 2 is 1.82 bits per heavy atom. The van der Waals surface area contributed by atoms with Gasteiger partial charge in [-0.2, -0.15) is 0 Å². The molecule has 0 aromatic carbocycles.